The van der Waals surface area contributed by atoms with Crippen LogP contribution in [0, 0.1) is 11.2 Å². The van der Waals surface area contributed by atoms with Gasteiger partial charge in [0.1, 0.15) is 5.82 Å². The number of hydrogen-bond acceptors (Lipinski definition) is 2. The fraction of sp³-hybridized carbons (Fsp3) is 0.467. The average Bonchev–Trinajstić information content (AvgIpc) is 2.45. The number of carboxylic acid groups (broad SMARTS) is 1. The number of carboxylic acids is 1. The predicted molar refractivity (Wildman–Crippen MR) is 76.9 cm³/mol. The van der Waals surface area contributed by atoms with Crippen LogP contribution in [0.2, 0.25) is 5.02 Å². The van der Waals surface area contributed by atoms with Gasteiger partial charge in [-0.25, -0.2) is 4.39 Å². The molecular weight excluding hydrogens is 297 g/mol. The molecule has 2 N–H and O–H groups in total. The minimum absolute atomic E-state index is 0.0144. The average molecular weight is 314 g/mol. The Morgan fingerprint density at radius 1 is 1.29 bits per heavy atom. The van der Waals surface area contributed by atoms with Crippen LogP contribution in [0.15, 0.2) is 18.2 Å². The van der Waals surface area contributed by atoms with E-state index < -0.39 is 23.1 Å². The van der Waals surface area contributed by atoms with Gasteiger partial charge in [-0.05, 0) is 31.0 Å². The number of nitrogens with one attached hydrogen (secondary N) is 1. The Kier molecular flexibility index (Phi) is 4.83. The molecule has 0 aromatic heterocycles. The van der Waals surface area contributed by atoms with Crippen molar-refractivity contribution in [3.63, 3.8) is 0 Å². The van der Waals surface area contributed by atoms with E-state index in [0.29, 0.717) is 12.8 Å². The molecule has 0 unspecified atom stereocenters. The Hall–Kier alpha value is -1.62. The quantitative estimate of drug-likeness (QED) is 0.896. The molecule has 0 atom stereocenters. The highest BCUT2D eigenvalue weighted by atomic mass is 35.5. The Bertz CT molecular complexity index is 556. The summed E-state index contributed by atoms with van der Waals surface area (Å²) in [6.07, 6.45) is 3.82. The first kappa shape index (κ1) is 15.8. The lowest BCUT2D eigenvalue weighted by Crippen LogP contribution is -2.44. The molecule has 1 fully saturated rings. The second-order valence-electron chi connectivity index (χ2n) is 5.45. The molecule has 6 heteroatoms. The first-order valence-corrected chi connectivity index (χ1v) is 7.29. The minimum Gasteiger partial charge on any atom is -0.481 e. The summed E-state index contributed by atoms with van der Waals surface area (Å²) in [6, 6.07) is 3.50. The van der Waals surface area contributed by atoms with Gasteiger partial charge in [-0.1, -0.05) is 30.9 Å². The zero-order chi connectivity index (χ0) is 15.5. The van der Waals surface area contributed by atoms with Crippen molar-refractivity contribution in [3.05, 3.63) is 34.6 Å². The van der Waals surface area contributed by atoms with Crippen molar-refractivity contribution in [2.75, 3.05) is 6.54 Å². The molecule has 0 heterocycles. The normalized spacial score (nSPS) is 17.2. The van der Waals surface area contributed by atoms with E-state index in [4.69, 9.17) is 11.6 Å². The molecule has 1 aromatic rings. The summed E-state index contributed by atoms with van der Waals surface area (Å²) >= 11 is 5.83. The number of halogens is 2. The third-order valence-corrected chi connectivity index (χ3v) is 4.34. The molecule has 0 radical (unpaired) electrons. The summed E-state index contributed by atoms with van der Waals surface area (Å²) in [5.74, 6) is -1.88. The highest BCUT2D eigenvalue weighted by Crippen LogP contribution is 2.36. The van der Waals surface area contributed by atoms with Gasteiger partial charge < -0.3 is 10.4 Å². The van der Waals surface area contributed by atoms with Crippen LogP contribution in [0.3, 0.4) is 0 Å². The third kappa shape index (κ3) is 3.53. The number of aliphatic carboxylic acids is 1. The van der Waals surface area contributed by atoms with Crippen LogP contribution in [0.4, 0.5) is 4.39 Å². The molecule has 4 nitrogen and oxygen atoms in total. The monoisotopic (exact) mass is 313 g/mol. The van der Waals surface area contributed by atoms with Crippen LogP contribution < -0.4 is 5.32 Å². The Labute approximate surface area is 127 Å². The fourth-order valence-corrected chi connectivity index (χ4v) is 2.97. The van der Waals surface area contributed by atoms with E-state index in [-0.39, 0.29) is 17.1 Å². The minimum atomic E-state index is -0.902. The van der Waals surface area contributed by atoms with Gasteiger partial charge in [0.05, 0.1) is 16.0 Å². The second kappa shape index (κ2) is 6.43. The van der Waals surface area contributed by atoms with E-state index in [0.717, 1.165) is 31.4 Å². The summed E-state index contributed by atoms with van der Waals surface area (Å²) in [5, 5.41) is 12.1. The topological polar surface area (TPSA) is 66.4 Å². The van der Waals surface area contributed by atoms with Crippen LogP contribution >= 0.6 is 11.6 Å². The summed E-state index contributed by atoms with van der Waals surface area (Å²) in [5.41, 5.74) is -0.755. The van der Waals surface area contributed by atoms with E-state index in [1.165, 1.54) is 6.07 Å². The number of carbonyl (C=O) groups excluding carboxylic acids is 1. The molecule has 0 spiro atoms. The van der Waals surface area contributed by atoms with Gasteiger partial charge in [-0.3, -0.25) is 9.59 Å². The van der Waals surface area contributed by atoms with Crippen molar-refractivity contribution in [2.45, 2.75) is 32.1 Å². The molecular formula is C15H17ClFNO3. The Morgan fingerprint density at radius 3 is 2.52 bits per heavy atom. The molecule has 1 aromatic carbocycles. The van der Waals surface area contributed by atoms with Gasteiger partial charge in [-0.2, -0.15) is 0 Å². The second-order valence-corrected chi connectivity index (χ2v) is 5.86. The van der Waals surface area contributed by atoms with Crippen LogP contribution in [-0.4, -0.2) is 23.5 Å². The Morgan fingerprint density at radius 2 is 1.95 bits per heavy atom. The first-order valence-electron chi connectivity index (χ1n) is 6.91. The molecule has 1 saturated carbocycles. The maximum atomic E-state index is 13.0. The largest absolute Gasteiger partial charge is 0.481 e. The fourth-order valence-electron chi connectivity index (χ4n) is 2.71. The summed E-state index contributed by atoms with van der Waals surface area (Å²) in [7, 11) is 0. The number of hydrogen-bond donors (Lipinski definition) is 2. The lowest BCUT2D eigenvalue weighted by molar-refractivity contribution is -0.150. The van der Waals surface area contributed by atoms with Gasteiger partial charge in [-0.15, -0.1) is 0 Å². The van der Waals surface area contributed by atoms with Gasteiger partial charge >= 0.3 is 5.97 Å². The number of amides is 1. The summed E-state index contributed by atoms with van der Waals surface area (Å²) < 4.78 is 13.0. The number of rotatable bonds is 4. The van der Waals surface area contributed by atoms with Crippen molar-refractivity contribution in [1.29, 1.82) is 0 Å². The van der Waals surface area contributed by atoms with Crippen LogP contribution in [0.25, 0.3) is 0 Å². The number of benzene rings is 1. The van der Waals surface area contributed by atoms with Crippen LogP contribution in [0.5, 0.6) is 0 Å². The van der Waals surface area contributed by atoms with Crippen molar-refractivity contribution in [3.8, 4) is 0 Å². The molecule has 1 aliphatic carbocycles. The standard InChI is InChI=1S/C15H17ClFNO3/c16-12-8-10(17)4-5-11(12)13(19)18-9-15(14(20)21)6-2-1-3-7-15/h4-5,8H,1-3,6-7,9H2,(H,18,19)(H,20,21). The van der Waals surface area contributed by atoms with Crippen molar-refractivity contribution in [1.82, 2.24) is 5.32 Å². The van der Waals surface area contributed by atoms with E-state index >= 15 is 0 Å². The molecule has 21 heavy (non-hydrogen) atoms. The van der Waals surface area contributed by atoms with Crippen molar-refractivity contribution < 1.29 is 19.1 Å². The zero-order valence-electron chi connectivity index (χ0n) is 11.5. The zero-order valence-corrected chi connectivity index (χ0v) is 12.3. The summed E-state index contributed by atoms with van der Waals surface area (Å²) in [4.78, 5) is 23.6. The molecule has 0 aliphatic heterocycles. The van der Waals surface area contributed by atoms with Crippen LogP contribution in [0.1, 0.15) is 42.5 Å². The first-order chi connectivity index (χ1) is 9.94. The van der Waals surface area contributed by atoms with Gasteiger partial charge in [0.25, 0.3) is 5.91 Å². The Balaban J connectivity index is 2.07. The molecule has 0 saturated heterocycles. The maximum absolute atomic E-state index is 13.0. The van der Waals surface area contributed by atoms with E-state index in [1.54, 1.807) is 0 Å². The maximum Gasteiger partial charge on any atom is 0.311 e. The molecule has 114 valence electrons. The lowest BCUT2D eigenvalue weighted by Gasteiger charge is -2.33. The smallest absolute Gasteiger partial charge is 0.311 e. The molecule has 1 amide bonds. The number of carbonyl (C=O) groups is 2. The van der Waals surface area contributed by atoms with Gasteiger partial charge in [0, 0.05) is 6.54 Å². The predicted octanol–water partition coefficient (Wildman–Crippen LogP) is 3.24. The van der Waals surface area contributed by atoms with Gasteiger partial charge in [0.15, 0.2) is 0 Å². The van der Waals surface area contributed by atoms with E-state index in [2.05, 4.69) is 5.32 Å². The molecule has 2 rings (SSSR count). The van der Waals surface area contributed by atoms with Gasteiger partial charge in [0.2, 0.25) is 0 Å². The lowest BCUT2D eigenvalue weighted by atomic mass is 9.74. The van der Waals surface area contributed by atoms with Crippen molar-refractivity contribution in [2.24, 2.45) is 5.41 Å². The third-order valence-electron chi connectivity index (χ3n) is 4.03. The summed E-state index contributed by atoms with van der Waals surface area (Å²) in [6.45, 7) is 0.0644. The molecule has 1 aliphatic rings. The SMILES string of the molecule is O=C(NCC1(C(=O)O)CCCCC1)c1ccc(F)cc1Cl. The molecule has 0 bridgehead atoms. The highest BCUT2D eigenvalue weighted by molar-refractivity contribution is 6.33. The van der Waals surface area contributed by atoms with E-state index in [9.17, 15) is 19.1 Å². The van der Waals surface area contributed by atoms with Crippen LogP contribution in [-0.2, 0) is 4.79 Å². The van der Waals surface area contributed by atoms with E-state index in [1.807, 2.05) is 0 Å². The van der Waals surface area contributed by atoms with Crippen molar-refractivity contribution >= 4 is 23.5 Å². The highest BCUT2D eigenvalue weighted by Gasteiger charge is 2.39.